The van der Waals surface area contributed by atoms with Crippen molar-refractivity contribution >= 4 is 17.3 Å². The van der Waals surface area contributed by atoms with Crippen LogP contribution in [0.4, 0.5) is 0 Å². The molecule has 1 fully saturated rings. The molecule has 1 saturated carbocycles. The Morgan fingerprint density at radius 2 is 0.930 bits per heavy atom. The quantitative estimate of drug-likeness (QED) is 0.217. The molecule has 0 spiro atoms. The zero-order valence-electron chi connectivity index (χ0n) is 25.3. The molecule has 0 radical (unpaired) electrons. The van der Waals surface area contributed by atoms with Gasteiger partial charge in [-0.3, -0.25) is 14.4 Å². The van der Waals surface area contributed by atoms with Crippen molar-refractivity contribution in [3.05, 3.63) is 142 Å². The summed E-state index contributed by atoms with van der Waals surface area (Å²) in [6.45, 7) is 9.69. The zero-order valence-corrected chi connectivity index (χ0v) is 25.3. The van der Waals surface area contributed by atoms with Crippen LogP contribution in [0.3, 0.4) is 0 Å². The Morgan fingerprint density at radius 1 is 0.581 bits per heavy atom. The van der Waals surface area contributed by atoms with E-state index in [1.165, 1.54) is 0 Å². The number of aryl methyl sites for hydroxylation is 4. The van der Waals surface area contributed by atoms with E-state index >= 15 is 0 Å². The number of carbonyl (C=O) groups excluding carboxylic acids is 3. The molecule has 0 amide bonds. The van der Waals surface area contributed by atoms with Gasteiger partial charge in [-0.05, 0) is 40.2 Å². The van der Waals surface area contributed by atoms with Gasteiger partial charge in [-0.2, -0.15) is 0 Å². The highest BCUT2D eigenvalue weighted by Crippen LogP contribution is 2.55. The van der Waals surface area contributed by atoms with Crippen LogP contribution in [-0.4, -0.2) is 35.2 Å². The van der Waals surface area contributed by atoms with Gasteiger partial charge in [-0.15, -0.1) is 0 Å². The van der Waals surface area contributed by atoms with Crippen LogP contribution in [0.15, 0.2) is 97.1 Å². The largest absolute Gasteiger partial charge is 0.382 e. The Bertz CT molecular complexity index is 1620. The van der Waals surface area contributed by atoms with Gasteiger partial charge < -0.3 is 9.84 Å². The Hall–Kier alpha value is -4.19. The van der Waals surface area contributed by atoms with Crippen LogP contribution >= 0.6 is 0 Å². The second-order valence-corrected chi connectivity index (χ2v) is 11.8. The number of Topliss-reactive ketones (excluding diaryl/α,β-unsaturated/α-hetero) is 3. The van der Waals surface area contributed by atoms with E-state index in [2.05, 4.69) is 0 Å². The fraction of sp³-hybridized carbons (Fsp3) is 0.289. The molecule has 0 aliphatic heterocycles. The third kappa shape index (κ3) is 5.63. The molecule has 4 aromatic rings. The predicted octanol–water partition coefficient (Wildman–Crippen LogP) is 7.02. The molecule has 0 unspecified atom stereocenters. The van der Waals surface area contributed by atoms with Crippen molar-refractivity contribution in [2.75, 3.05) is 6.61 Å². The van der Waals surface area contributed by atoms with Crippen LogP contribution in [0.5, 0.6) is 0 Å². The Kier molecular flexibility index (Phi) is 8.59. The van der Waals surface area contributed by atoms with Gasteiger partial charge in [0.2, 0.25) is 0 Å². The van der Waals surface area contributed by atoms with Gasteiger partial charge in [0.25, 0.3) is 0 Å². The number of hydrogen-bond donors (Lipinski definition) is 1. The van der Waals surface area contributed by atoms with Crippen molar-refractivity contribution in [2.45, 2.75) is 46.3 Å². The van der Waals surface area contributed by atoms with E-state index in [4.69, 9.17) is 4.74 Å². The number of ether oxygens (including phenoxy) is 1. The lowest BCUT2D eigenvalue weighted by Gasteiger charge is -2.36. The molecule has 5 heteroatoms. The molecule has 5 nitrogen and oxygen atoms in total. The molecule has 0 saturated heterocycles. The van der Waals surface area contributed by atoms with Crippen molar-refractivity contribution < 1.29 is 24.2 Å². The van der Waals surface area contributed by atoms with Gasteiger partial charge >= 0.3 is 0 Å². The van der Waals surface area contributed by atoms with Gasteiger partial charge in [0.1, 0.15) is 11.7 Å². The van der Waals surface area contributed by atoms with Crippen LogP contribution in [0, 0.1) is 45.4 Å². The van der Waals surface area contributed by atoms with E-state index in [1.807, 2.05) is 76.2 Å². The van der Waals surface area contributed by atoms with Crippen molar-refractivity contribution in [1.29, 1.82) is 0 Å². The predicted molar refractivity (Wildman–Crippen MR) is 167 cm³/mol. The average molecular weight is 575 g/mol. The van der Waals surface area contributed by atoms with Crippen molar-refractivity contribution in [1.82, 2.24) is 0 Å². The molecule has 1 aliphatic rings. The lowest BCUT2D eigenvalue weighted by atomic mass is 9.73. The Balaban J connectivity index is 1.79. The molecule has 1 N–H and O–H groups in total. The average Bonchev–Trinajstić information content (AvgIpc) is 3.26. The first-order valence-electron chi connectivity index (χ1n) is 14.8. The highest BCUT2D eigenvalue weighted by molar-refractivity contribution is 6.10. The minimum atomic E-state index is -1.97. The smallest absolute Gasteiger partial charge is 0.170 e. The van der Waals surface area contributed by atoms with Crippen LogP contribution < -0.4 is 0 Å². The second-order valence-electron chi connectivity index (χ2n) is 11.8. The van der Waals surface area contributed by atoms with Crippen molar-refractivity contribution in [3.63, 3.8) is 0 Å². The summed E-state index contributed by atoms with van der Waals surface area (Å²) < 4.78 is 6.28. The zero-order chi connectivity index (χ0) is 30.9. The summed E-state index contributed by atoms with van der Waals surface area (Å²) in [7, 11) is 0. The number of rotatable bonds is 9. The normalized spacial score (nSPS) is 23.2. The summed E-state index contributed by atoms with van der Waals surface area (Å²) in [4.78, 5) is 43.8. The number of ketones is 3. The van der Waals surface area contributed by atoms with Crippen LogP contribution in [0.25, 0.3) is 0 Å². The molecular weight excluding hydrogens is 536 g/mol. The molecule has 5 atom stereocenters. The van der Waals surface area contributed by atoms with Gasteiger partial charge in [-0.25, -0.2) is 0 Å². The first-order valence-corrected chi connectivity index (χ1v) is 14.8. The molecule has 0 heterocycles. The molecule has 1 aliphatic carbocycles. The van der Waals surface area contributed by atoms with Crippen molar-refractivity contribution in [3.8, 4) is 0 Å². The monoisotopic (exact) mass is 574 g/mol. The Morgan fingerprint density at radius 3 is 1.33 bits per heavy atom. The summed E-state index contributed by atoms with van der Waals surface area (Å²) in [6, 6.07) is 28.6. The molecule has 0 bridgehead atoms. The third-order valence-corrected chi connectivity index (χ3v) is 8.74. The first-order chi connectivity index (χ1) is 20.6. The van der Waals surface area contributed by atoms with E-state index in [1.54, 1.807) is 55.5 Å². The van der Waals surface area contributed by atoms with E-state index in [9.17, 15) is 19.5 Å². The lowest BCUT2D eigenvalue weighted by Crippen LogP contribution is -2.47. The second kappa shape index (κ2) is 12.2. The molecule has 220 valence electrons. The summed E-state index contributed by atoms with van der Waals surface area (Å²) >= 11 is 0. The molecule has 0 aromatic heterocycles. The van der Waals surface area contributed by atoms with Crippen molar-refractivity contribution in [2.24, 2.45) is 17.8 Å². The molecule has 43 heavy (non-hydrogen) atoms. The summed E-state index contributed by atoms with van der Waals surface area (Å²) in [6.07, 6.45) is -1.16. The van der Waals surface area contributed by atoms with E-state index in [0.29, 0.717) is 22.3 Å². The summed E-state index contributed by atoms with van der Waals surface area (Å²) in [5.41, 5.74) is 3.51. The van der Waals surface area contributed by atoms with Crippen LogP contribution in [-0.2, 0) is 10.3 Å². The standard InChI is InChI=1S/C38H38O5/c1-6-43-37-32(35(40)28-17-9-24(3)10-18-28)31(34(39)27-15-7-23(2)8-16-27)33(36(41)29-19-11-25(4)12-20-29)38(37,42)30-21-13-26(5)14-22-30/h7-22,31-33,37,42H,6H2,1-5H3/t31-,32+,33-,37-,38+/m0/s1. The minimum absolute atomic E-state index is 0.174. The van der Waals surface area contributed by atoms with Gasteiger partial charge in [0.15, 0.2) is 17.3 Å². The van der Waals surface area contributed by atoms with Gasteiger partial charge in [0, 0.05) is 29.2 Å². The summed E-state index contributed by atoms with van der Waals surface area (Å²) in [5, 5.41) is 13.0. The van der Waals surface area contributed by atoms with E-state index < -0.39 is 35.2 Å². The lowest BCUT2D eigenvalue weighted by molar-refractivity contribution is -0.115. The maximum Gasteiger partial charge on any atom is 0.170 e. The summed E-state index contributed by atoms with van der Waals surface area (Å²) in [5.74, 6) is -4.72. The van der Waals surface area contributed by atoms with Crippen LogP contribution in [0.2, 0.25) is 0 Å². The fourth-order valence-electron chi connectivity index (χ4n) is 6.39. The van der Waals surface area contributed by atoms with E-state index in [0.717, 1.165) is 22.3 Å². The first kappa shape index (κ1) is 30.3. The number of aliphatic hydroxyl groups is 1. The van der Waals surface area contributed by atoms with Crippen LogP contribution in [0.1, 0.15) is 65.8 Å². The Labute approximate surface area is 253 Å². The molecule has 5 rings (SSSR count). The van der Waals surface area contributed by atoms with Gasteiger partial charge in [-0.1, -0.05) is 119 Å². The molecular formula is C38H38O5. The van der Waals surface area contributed by atoms with Gasteiger partial charge in [0.05, 0.1) is 11.8 Å². The third-order valence-electron chi connectivity index (χ3n) is 8.74. The molecule has 4 aromatic carbocycles. The maximum atomic E-state index is 14.6. The number of carbonyl (C=O) groups is 3. The maximum absolute atomic E-state index is 14.6. The SMILES string of the molecule is CCO[C@H]1[C@@H](C(=O)c2ccc(C)cc2)[C@H](C(=O)c2ccc(C)cc2)[C@@H](C(=O)c2ccc(C)cc2)[C@]1(O)c1ccc(C)cc1. The number of hydrogen-bond acceptors (Lipinski definition) is 5. The topological polar surface area (TPSA) is 80.7 Å². The fourth-order valence-corrected chi connectivity index (χ4v) is 6.39. The number of benzene rings is 4. The highest BCUT2D eigenvalue weighted by atomic mass is 16.5. The minimum Gasteiger partial charge on any atom is -0.382 e. The highest BCUT2D eigenvalue weighted by Gasteiger charge is 2.67. The van der Waals surface area contributed by atoms with E-state index in [-0.39, 0.29) is 18.2 Å².